The lowest BCUT2D eigenvalue weighted by Gasteiger charge is -2.14. The molecule has 1 atom stereocenters. The zero-order chi connectivity index (χ0) is 14.0. The lowest BCUT2D eigenvalue weighted by Crippen LogP contribution is -2.14. The van der Waals surface area contributed by atoms with Crippen molar-refractivity contribution in [2.24, 2.45) is 0 Å². The van der Waals surface area contributed by atoms with Crippen LogP contribution in [-0.2, 0) is 0 Å². The zero-order valence-corrected chi connectivity index (χ0v) is 10.7. The molecule has 0 aromatic heterocycles. The molecule has 0 spiro atoms. The number of carbonyl (C=O) groups is 1. The maximum Gasteiger partial charge on any atom is 0.195 e. The van der Waals surface area contributed by atoms with E-state index < -0.39 is 17.7 Å². The van der Waals surface area contributed by atoms with Crippen LogP contribution in [0.1, 0.15) is 27.6 Å². The Morgan fingerprint density at radius 2 is 1.84 bits per heavy atom. The molecule has 2 nitrogen and oxygen atoms in total. The van der Waals surface area contributed by atoms with Gasteiger partial charge in [0.2, 0.25) is 0 Å². The summed E-state index contributed by atoms with van der Waals surface area (Å²) in [6, 6.07) is 10.7. The first-order chi connectivity index (χ1) is 9.02. The van der Waals surface area contributed by atoms with Gasteiger partial charge in [-0.15, -0.1) is 0 Å². The summed E-state index contributed by atoms with van der Waals surface area (Å²) in [6.45, 7) is 3.62. The van der Waals surface area contributed by atoms with E-state index in [2.05, 4.69) is 6.92 Å². The van der Waals surface area contributed by atoms with Crippen LogP contribution in [0.4, 0.5) is 4.39 Å². The van der Waals surface area contributed by atoms with E-state index in [4.69, 9.17) is 11.6 Å². The van der Waals surface area contributed by atoms with Crippen molar-refractivity contribution in [1.29, 1.82) is 0 Å². The van der Waals surface area contributed by atoms with Crippen molar-refractivity contribution in [1.82, 2.24) is 0 Å². The van der Waals surface area contributed by atoms with Crippen molar-refractivity contribution in [2.45, 2.75) is 6.10 Å². The number of halogens is 2. The number of Topliss-reactive ketones (excluding diaryl/α,β-unsaturated/α-hetero) is 1. The van der Waals surface area contributed by atoms with E-state index in [0.717, 1.165) is 6.07 Å². The minimum atomic E-state index is -1.64. The third-order valence-corrected chi connectivity index (χ3v) is 3.23. The largest absolute Gasteiger partial charge is 0.380 e. The quantitative estimate of drug-likeness (QED) is 0.871. The maximum absolute atomic E-state index is 13.7. The summed E-state index contributed by atoms with van der Waals surface area (Å²) in [4.78, 5) is 12.1. The second kappa shape index (κ2) is 5.51. The number of rotatable bonds is 3. The first-order valence-corrected chi connectivity index (χ1v) is 5.97. The average molecular weight is 278 g/mol. The van der Waals surface area contributed by atoms with Gasteiger partial charge in [-0.05, 0) is 18.6 Å². The molecular formula is C15H11ClFO2. The van der Waals surface area contributed by atoms with Gasteiger partial charge in [-0.3, -0.25) is 4.79 Å². The summed E-state index contributed by atoms with van der Waals surface area (Å²) in [7, 11) is 0. The molecule has 0 aliphatic rings. The molecule has 0 aliphatic heterocycles. The van der Waals surface area contributed by atoms with Gasteiger partial charge in [0, 0.05) is 11.1 Å². The summed E-state index contributed by atoms with van der Waals surface area (Å²) in [5, 5.41) is 10.00. The lowest BCUT2D eigenvalue weighted by molar-refractivity contribution is 0.0740. The number of carbonyl (C=O) groups excluding carboxylic acids is 1. The number of ketones is 1. The average Bonchev–Trinajstić information content (AvgIpc) is 2.43. The standard InChI is InChI=1S/C15H11ClFO2/c1-9-7-8-11(17)12(13(9)16)15(19)14(18)10-5-3-2-4-6-10/h2-8,15,19H,1H2. The minimum absolute atomic E-state index is 0.0308. The van der Waals surface area contributed by atoms with Crippen LogP contribution < -0.4 is 0 Å². The molecule has 0 fully saturated rings. The molecule has 4 heteroatoms. The molecule has 0 bridgehead atoms. The molecule has 1 unspecified atom stereocenters. The number of aliphatic hydroxyl groups is 1. The van der Waals surface area contributed by atoms with E-state index in [1.807, 2.05) is 0 Å². The fraction of sp³-hybridized carbons (Fsp3) is 0.0667. The molecule has 2 aromatic rings. The Hall–Kier alpha value is -1.71. The van der Waals surface area contributed by atoms with E-state index in [9.17, 15) is 14.3 Å². The Labute approximate surface area is 115 Å². The molecule has 0 saturated heterocycles. The summed E-state index contributed by atoms with van der Waals surface area (Å²) in [5.41, 5.74) is 0.418. The maximum atomic E-state index is 13.7. The first kappa shape index (κ1) is 13.7. The molecule has 0 amide bonds. The van der Waals surface area contributed by atoms with Crippen molar-refractivity contribution in [3.05, 3.63) is 76.9 Å². The molecule has 2 aromatic carbocycles. The first-order valence-electron chi connectivity index (χ1n) is 5.59. The van der Waals surface area contributed by atoms with Crippen molar-refractivity contribution >= 4 is 17.4 Å². The highest BCUT2D eigenvalue weighted by molar-refractivity contribution is 6.32. The van der Waals surface area contributed by atoms with E-state index in [1.54, 1.807) is 30.3 Å². The van der Waals surface area contributed by atoms with E-state index in [0.29, 0.717) is 11.1 Å². The van der Waals surface area contributed by atoms with Gasteiger partial charge in [0.15, 0.2) is 5.78 Å². The van der Waals surface area contributed by atoms with Crippen molar-refractivity contribution in [3.8, 4) is 0 Å². The lowest BCUT2D eigenvalue weighted by atomic mass is 9.98. The Morgan fingerprint density at radius 1 is 1.21 bits per heavy atom. The number of hydrogen-bond acceptors (Lipinski definition) is 2. The smallest absolute Gasteiger partial charge is 0.195 e. The Kier molecular flexibility index (Phi) is 3.98. The van der Waals surface area contributed by atoms with Crippen LogP contribution in [0.25, 0.3) is 0 Å². The summed E-state index contributed by atoms with van der Waals surface area (Å²) < 4.78 is 13.7. The highest BCUT2D eigenvalue weighted by Crippen LogP contribution is 2.30. The van der Waals surface area contributed by atoms with Gasteiger partial charge in [0.1, 0.15) is 11.9 Å². The SMILES string of the molecule is [CH2]c1ccc(F)c(C(O)C(=O)c2ccccc2)c1Cl. The van der Waals surface area contributed by atoms with E-state index in [1.165, 1.54) is 6.07 Å². The van der Waals surface area contributed by atoms with Crippen LogP contribution in [0.3, 0.4) is 0 Å². The van der Waals surface area contributed by atoms with Crippen molar-refractivity contribution in [2.75, 3.05) is 0 Å². The van der Waals surface area contributed by atoms with Crippen molar-refractivity contribution < 1.29 is 14.3 Å². The fourth-order valence-corrected chi connectivity index (χ4v) is 2.01. The predicted octanol–water partition coefficient (Wildman–Crippen LogP) is 3.58. The zero-order valence-electron chi connectivity index (χ0n) is 9.94. The summed E-state index contributed by atoms with van der Waals surface area (Å²) in [6.07, 6.45) is -1.64. The van der Waals surface area contributed by atoms with Crippen LogP contribution in [0.5, 0.6) is 0 Å². The molecule has 0 saturated carbocycles. The highest BCUT2D eigenvalue weighted by Gasteiger charge is 2.25. The van der Waals surface area contributed by atoms with Crippen LogP contribution in [0.2, 0.25) is 5.02 Å². The third-order valence-electron chi connectivity index (χ3n) is 2.79. The molecule has 97 valence electrons. The minimum Gasteiger partial charge on any atom is -0.380 e. The molecule has 1 N–H and O–H groups in total. The molecule has 0 heterocycles. The fourth-order valence-electron chi connectivity index (χ4n) is 1.76. The van der Waals surface area contributed by atoms with Gasteiger partial charge in [-0.25, -0.2) is 4.39 Å². The number of benzene rings is 2. The van der Waals surface area contributed by atoms with Gasteiger partial charge < -0.3 is 5.11 Å². The predicted molar refractivity (Wildman–Crippen MR) is 71.6 cm³/mol. The third kappa shape index (κ3) is 2.67. The number of hydrogen-bond donors (Lipinski definition) is 1. The molecule has 1 radical (unpaired) electrons. The summed E-state index contributed by atoms with van der Waals surface area (Å²) in [5.74, 6) is -1.33. The molecule has 2 rings (SSSR count). The van der Waals surface area contributed by atoms with Gasteiger partial charge in [0.05, 0.1) is 5.02 Å². The second-order valence-corrected chi connectivity index (χ2v) is 4.44. The van der Waals surface area contributed by atoms with Crippen molar-refractivity contribution in [3.63, 3.8) is 0 Å². The highest BCUT2D eigenvalue weighted by atomic mass is 35.5. The van der Waals surface area contributed by atoms with Crippen LogP contribution in [0.15, 0.2) is 42.5 Å². The molecule has 19 heavy (non-hydrogen) atoms. The number of aliphatic hydroxyl groups excluding tert-OH is 1. The van der Waals surface area contributed by atoms with Gasteiger partial charge in [0.25, 0.3) is 0 Å². The molecule has 0 aliphatic carbocycles. The second-order valence-electron chi connectivity index (χ2n) is 4.07. The van der Waals surface area contributed by atoms with Gasteiger partial charge >= 0.3 is 0 Å². The van der Waals surface area contributed by atoms with Gasteiger partial charge in [-0.1, -0.05) is 48.0 Å². The van der Waals surface area contributed by atoms with Crippen LogP contribution in [0, 0.1) is 12.7 Å². The Balaban J connectivity index is 2.43. The topological polar surface area (TPSA) is 37.3 Å². The van der Waals surface area contributed by atoms with Crippen LogP contribution in [-0.4, -0.2) is 10.9 Å². The Morgan fingerprint density at radius 3 is 2.47 bits per heavy atom. The Bertz CT molecular complexity index is 611. The van der Waals surface area contributed by atoms with Crippen LogP contribution >= 0.6 is 11.6 Å². The van der Waals surface area contributed by atoms with E-state index >= 15 is 0 Å². The van der Waals surface area contributed by atoms with E-state index in [-0.39, 0.29) is 10.6 Å². The molecular weight excluding hydrogens is 267 g/mol. The summed E-state index contributed by atoms with van der Waals surface area (Å²) >= 11 is 5.91. The van der Waals surface area contributed by atoms with Gasteiger partial charge in [-0.2, -0.15) is 0 Å². The monoisotopic (exact) mass is 277 g/mol. The normalized spacial score (nSPS) is 12.2.